The number of morpholine rings is 1. The van der Waals surface area contributed by atoms with Gasteiger partial charge >= 0.3 is 0 Å². The second-order valence-corrected chi connectivity index (χ2v) is 6.06. The molecule has 7 nitrogen and oxygen atoms in total. The zero-order chi connectivity index (χ0) is 17.4. The van der Waals surface area contributed by atoms with Gasteiger partial charge in [0.2, 0.25) is 5.95 Å². The van der Waals surface area contributed by atoms with E-state index in [0.29, 0.717) is 24.8 Å². The van der Waals surface area contributed by atoms with Gasteiger partial charge in [0.15, 0.2) is 5.65 Å². The van der Waals surface area contributed by atoms with Crippen molar-refractivity contribution in [3.05, 3.63) is 35.8 Å². The van der Waals surface area contributed by atoms with Crippen molar-refractivity contribution in [3.8, 4) is 0 Å². The van der Waals surface area contributed by atoms with Crippen LogP contribution in [0.2, 0.25) is 0 Å². The number of anilines is 3. The van der Waals surface area contributed by atoms with Gasteiger partial charge in [-0.2, -0.15) is 15.1 Å². The van der Waals surface area contributed by atoms with Gasteiger partial charge in [-0.15, -0.1) is 0 Å². The van der Waals surface area contributed by atoms with Crippen LogP contribution in [0.3, 0.4) is 0 Å². The van der Waals surface area contributed by atoms with Gasteiger partial charge in [-0.3, -0.25) is 4.68 Å². The molecule has 0 aliphatic carbocycles. The van der Waals surface area contributed by atoms with Crippen molar-refractivity contribution in [2.75, 3.05) is 36.5 Å². The number of rotatable bonds is 3. The fourth-order valence-corrected chi connectivity index (χ4v) is 2.93. The Morgan fingerprint density at radius 2 is 2.00 bits per heavy atom. The van der Waals surface area contributed by atoms with Crippen LogP contribution in [0, 0.1) is 12.7 Å². The van der Waals surface area contributed by atoms with Crippen molar-refractivity contribution < 1.29 is 9.13 Å². The molecule has 1 aliphatic heterocycles. The number of aryl methyl sites for hydroxylation is 2. The van der Waals surface area contributed by atoms with E-state index in [4.69, 9.17) is 4.74 Å². The molecule has 4 rings (SSSR count). The maximum atomic E-state index is 13.6. The summed E-state index contributed by atoms with van der Waals surface area (Å²) in [5.41, 5.74) is 2.30. The predicted octanol–water partition coefficient (Wildman–Crippen LogP) is 2.39. The summed E-state index contributed by atoms with van der Waals surface area (Å²) in [6, 6.07) is 4.61. The van der Waals surface area contributed by atoms with E-state index in [-0.39, 0.29) is 5.82 Å². The highest BCUT2D eigenvalue weighted by atomic mass is 19.1. The molecule has 0 amide bonds. The number of fused-ring (bicyclic) bond motifs is 1. The first kappa shape index (κ1) is 15.8. The fraction of sp³-hybridized carbons (Fsp3) is 0.353. The summed E-state index contributed by atoms with van der Waals surface area (Å²) in [6.07, 6.45) is 1.78. The van der Waals surface area contributed by atoms with Crippen LogP contribution in [0.25, 0.3) is 11.0 Å². The molecule has 1 aromatic carbocycles. The van der Waals surface area contributed by atoms with Crippen molar-refractivity contribution in [3.63, 3.8) is 0 Å². The molecule has 130 valence electrons. The average Bonchev–Trinajstić information content (AvgIpc) is 2.99. The molecule has 0 spiro atoms. The monoisotopic (exact) mass is 342 g/mol. The lowest BCUT2D eigenvalue weighted by Crippen LogP contribution is -2.37. The predicted molar refractivity (Wildman–Crippen MR) is 93.8 cm³/mol. The topological polar surface area (TPSA) is 68.1 Å². The van der Waals surface area contributed by atoms with Crippen LogP contribution in [-0.2, 0) is 11.8 Å². The van der Waals surface area contributed by atoms with Gasteiger partial charge in [0, 0.05) is 25.8 Å². The molecule has 0 bridgehead atoms. The number of hydrogen-bond donors (Lipinski definition) is 1. The van der Waals surface area contributed by atoms with Crippen molar-refractivity contribution in [2.24, 2.45) is 7.05 Å². The molecule has 3 aromatic rings. The van der Waals surface area contributed by atoms with Crippen LogP contribution in [0.5, 0.6) is 0 Å². The standard InChI is InChI=1S/C17H19FN6O/c1-11-3-4-12(18)9-14(11)20-17-21-15-13(10-19-23(15)2)16(22-17)24-5-7-25-8-6-24/h3-4,9-10H,5-8H2,1-2H3,(H,20,21,22). The summed E-state index contributed by atoms with van der Waals surface area (Å²) in [5, 5.41) is 8.33. The smallest absolute Gasteiger partial charge is 0.231 e. The van der Waals surface area contributed by atoms with Crippen molar-refractivity contribution in [1.82, 2.24) is 19.7 Å². The quantitative estimate of drug-likeness (QED) is 0.788. The van der Waals surface area contributed by atoms with E-state index in [2.05, 4.69) is 25.3 Å². The molecule has 8 heteroatoms. The van der Waals surface area contributed by atoms with Gasteiger partial charge < -0.3 is 15.0 Å². The number of nitrogens with zero attached hydrogens (tertiary/aromatic N) is 5. The second kappa shape index (κ2) is 6.29. The molecule has 0 radical (unpaired) electrons. The minimum atomic E-state index is -0.303. The van der Waals surface area contributed by atoms with Crippen LogP contribution >= 0.6 is 0 Å². The number of ether oxygens (including phenoxy) is 1. The highest BCUT2D eigenvalue weighted by Crippen LogP contribution is 2.27. The molecule has 2 aromatic heterocycles. The first-order valence-corrected chi connectivity index (χ1v) is 8.17. The molecule has 1 N–H and O–H groups in total. The van der Waals surface area contributed by atoms with E-state index >= 15 is 0 Å². The molecule has 1 aliphatic rings. The molecule has 3 heterocycles. The maximum Gasteiger partial charge on any atom is 0.231 e. The summed E-state index contributed by atoms with van der Waals surface area (Å²) >= 11 is 0. The number of aromatic nitrogens is 4. The van der Waals surface area contributed by atoms with Gasteiger partial charge in [-0.25, -0.2) is 4.39 Å². The summed E-state index contributed by atoms with van der Waals surface area (Å²) in [7, 11) is 1.84. The van der Waals surface area contributed by atoms with Gasteiger partial charge in [0.25, 0.3) is 0 Å². The molecule has 1 fully saturated rings. The zero-order valence-corrected chi connectivity index (χ0v) is 14.2. The Bertz CT molecular complexity index is 919. The third-order valence-corrected chi connectivity index (χ3v) is 4.33. The van der Waals surface area contributed by atoms with E-state index in [1.807, 2.05) is 14.0 Å². The molecule has 0 atom stereocenters. The van der Waals surface area contributed by atoms with Crippen LogP contribution in [0.15, 0.2) is 24.4 Å². The molecule has 0 saturated carbocycles. The molecule has 25 heavy (non-hydrogen) atoms. The molecular weight excluding hydrogens is 323 g/mol. The number of halogens is 1. The van der Waals surface area contributed by atoms with Gasteiger partial charge in [-0.05, 0) is 24.6 Å². The average molecular weight is 342 g/mol. The highest BCUT2D eigenvalue weighted by Gasteiger charge is 2.19. The second-order valence-electron chi connectivity index (χ2n) is 6.06. The Balaban J connectivity index is 1.78. The summed E-state index contributed by atoms with van der Waals surface area (Å²) in [6.45, 7) is 4.77. The Morgan fingerprint density at radius 3 is 2.80 bits per heavy atom. The SMILES string of the molecule is Cc1ccc(F)cc1Nc1nc(N2CCOCC2)c2cnn(C)c2n1. The zero-order valence-electron chi connectivity index (χ0n) is 14.2. The Kier molecular flexibility index (Phi) is 3.96. The van der Waals surface area contributed by atoms with Crippen LogP contribution in [0.4, 0.5) is 21.8 Å². The van der Waals surface area contributed by atoms with Crippen molar-refractivity contribution in [2.45, 2.75) is 6.92 Å². The van der Waals surface area contributed by atoms with Crippen molar-refractivity contribution in [1.29, 1.82) is 0 Å². The van der Waals surface area contributed by atoms with E-state index in [1.54, 1.807) is 16.9 Å². The van der Waals surface area contributed by atoms with E-state index < -0.39 is 0 Å². The molecule has 1 saturated heterocycles. The summed E-state index contributed by atoms with van der Waals surface area (Å²) < 4.78 is 20.7. The Hall–Kier alpha value is -2.74. The third kappa shape index (κ3) is 3.00. The van der Waals surface area contributed by atoms with Gasteiger partial charge in [0.1, 0.15) is 11.6 Å². The third-order valence-electron chi connectivity index (χ3n) is 4.33. The molecule has 0 unspecified atom stereocenters. The van der Waals surface area contributed by atoms with E-state index in [9.17, 15) is 4.39 Å². The summed E-state index contributed by atoms with van der Waals surface area (Å²) in [5.74, 6) is 0.937. The van der Waals surface area contributed by atoms with Crippen LogP contribution in [0.1, 0.15) is 5.56 Å². The minimum Gasteiger partial charge on any atom is -0.378 e. The first-order chi connectivity index (χ1) is 12.1. The van der Waals surface area contributed by atoms with E-state index in [0.717, 1.165) is 35.5 Å². The van der Waals surface area contributed by atoms with Gasteiger partial charge in [-0.1, -0.05) is 6.07 Å². The van der Waals surface area contributed by atoms with E-state index in [1.165, 1.54) is 12.1 Å². The minimum absolute atomic E-state index is 0.303. The Labute approximate surface area is 144 Å². The first-order valence-electron chi connectivity index (χ1n) is 8.17. The highest BCUT2D eigenvalue weighted by molar-refractivity contribution is 5.88. The normalized spacial score (nSPS) is 14.9. The van der Waals surface area contributed by atoms with Gasteiger partial charge in [0.05, 0.1) is 24.8 Å². The maximum absolute atomic E-state index is 13.6. The molecular formula is C17H19FN6O. The fourth-order valence-electron chi connectivity index (χ4n) is 2.93. The summed E-state index contributed by atoms with van der Waals surface area (Å²) in [4.78, 5) is 11.4. The lowest BCUT2D eigenvalue weighted by molar-refractivity contribution is 0.122. The van der Waals surface area contributed by atoms with Crippen LogP contribution in [-0.4, -0.2) is 46.1 Å². The number of benzene rings is 1. The lowest BCUT2D eigenvalue weighted by Gasteiger charge is -2.28. The largest absolute Gasteiger partial charge is 0.378 e. The van der Waals surface area contributed by atoms with Crippen LogP contribution < -0.4 is 10.2 Å². The van der Waals surface area contributed by atoms with Crippen molar-refractivity contribution >= 4 is 28.5 Å². The lowest BCUT2D eigenvalue weighted by atomic mass is 10.2. The number of nitrogens with one attached hydrogen (secondary N) is 1. The number of hydrogen-bond acceptors (Lipinski definition) is 6. The Morgan fingerprint density at radius 1 is 1.20 bits per heavy atom.